The Bertz CT molecular complexity index is 451. The van der Waals surface area contributed by atoms with Crippen molar-refractivity contribution in [2.45, 2.75) is 37.5 Å². The molecule has 0 amide bonds. The minimum Gasteiger partial charge on any atom is -0.385 e. The van der Waals surface area contributed by atoms with Gasteiger partial charge in [-0.05, 0) is 37.0 Å². The van der Waals surface area contributed by atoms with E-state index in [9.17, 15) is 9.50 Å². The predicted molar refractivity (Wildman–Crippen MR) is 65.8 cm³/mol. The molecule has 0 saturated carbocycles. The molecule has 3 nitrogen and oxygen atoms in total. The van der Waals surface area contributed by atoms with Crippen molar-refractivity contribution in [3.8, 4) is 0 Å². The Hall–Kier alpha value is -0.970. The second-order valence-corrected chi connectivity index (χ2v) is 5.50. The Kier molecular flexibility index (Phi) is 2.88. The van der Waals surface area contributed by atoms with Crippen LogP contribution < -0.4 is 5.32 Å². The van der Waals surface area contributed by atoms with Gasteiger partial charge in [0, 0.05) is 12.1 Å². The first-order chi connectivity index (χ1) is 8.57. The van der Waals surface area contributed by atoms with E-state index in [2.05, 4.69) is 5.32 Å². The van der Waals surface area contributed by atoms with E-state index >= 15 is 0 Å². The molecule has 4 heteroatoms. The number of morpholine rings is 1. The number of aryl methyl sites for hydroxylation is 1. The van der Waals surface area contributed by atoms with E-state index in [1.54, 1.807) is 19.1 Å². The molecule has 2 fully saturated rings. The molecule has 2 aliphatic rings. The molecule has 1 aromatic carbocycles. The lowest BCUT2D eigenvalue weighted by Gasteiger charge is -2.45. The van der Waals surface area contributed by atoms with Crippen molar-refractivity contribution < 1.29 is 14.2 Å². The van der Waals surface area contributed by atoms with Crippen LogP contribution in [-0.4, -0.2) is 30.4 Å². The van der Waals surface area contributed by atoms with Crippen molar-refractivity contribution in [2.75, 3.05) is 13.2 Å². The predicted octanol–water partition coefficient (Wildman–Crippen LogP) is 1.47. The molecule has 2 saturated heterocycles. The molecule has 2 aliphatic heterocycles. The van der Waals surface area contributed by atoms with Gasteiger partial charge in [-0.15, -0.1) is 0 Å². The van der Waals surface area contributed by atoms with Crippen LogP contribution >= 0.6 is 0 Å². The number of piperidine rings is 1. The van der Waals surface area contributed by atoms with Gasteiger partial charge in [-0.1, -0.05) is 12.1 Å². The summed E-state index contributed by atoms with van der Waals surface area (Å²) in [7, 11) is 0. The third-order valence-corrected chi connectivity index (χ3v) is 3.97. The van der Waals surface area contributed by atoms with Crippen LogP contribution in [0.1, 0.15) is 24.0 Å². The van der Waals surface area contributed by atoms with Crippen LogP contribution in [0.5, 0.6) is 0 Å². The summed E-state index contributed by atoms with van der Waals surface area (Å²) >= 11 is 0. The topological polar surface area (TPSA) is 41.5 Å². The number of hydrogen-bond acceptors (Lipinski definition) is 3. The van der Waals surface area contributed by atoms with Gasteiger partial charge in [0.1, 0.15) is 5.82 Å². The summed E-state index contributed by atoms with van der Waals surface area (Å²) in [5, 5.41) is 14.3. The summed E-state index contributed by atoms with van der Waals surface area (Å²) in [6, 6.07) is 5.28. The van der Waals surface area contributed by atoms with Crippen molar-refractivity contribution >= 4 is 0 Å². The van der Waals surface area contributed by atoms with Gasteiger partial charge >= 0.3 is 0 Å². The lowest BCUT2D eigenvalue weighted by molar-refractivity contribution is -0.0802. The molecule has 1 aromatic rings. The maximum atomic E-state index is 13.3. The average molecular weight is 251 g/mol. The fourth-order valence-corrected chi connectivity index (χ4v) is 3.09. The normalized spacial score (nSPS) is 35.5. The Labute approximate surface area is 106 Å². The molecule has 0 aliphatic carbocycles. The molecule has 18 heavy (non-hydrogen) atoms. The summed E-state index contributed by atoms with van der Waals surface area (Å²) < 4.78 is 18.8. The maximum Gasteiger partial charge on any atom is 0.126 e. The van der Waals surface area contributed by atoms with Gasteiger partial charge < -0.3 is 15.2 Å². The van der Waals surface area contributed by atoms with Gasteiger partial charge in [-0.25, -0.2) is 4.39 Å². The summed E-state index contributed by atoms with van der Waals surface area (Å²) in [5.41, 5.74) is 0.545. The zero-order valence-electron chi connectivity index (χ0n) is 10.4. The number of hydrogen-bond donors (Lipinski definition) is 2. The number of rotatable bonds is 1. The first-order valence-corrected chi connectivity index (χ1v) is 6.40. The summed E-state index contributed by atoms with van der Waals surface area (Å²) in [5.74, 6) is -0.222. The van der Waals surface area contributed by atoms with E-state index in [0.29, 0.717) is 31.6 Å². The van der Waals surface area contributed by atoms with Crippen LogP contribution in [0.2, 0.25) is 0 Å². The Morgan fingerprint density at radius 3 is 2.61 bits per heavy atom. The first kappa shape index (κ1) is 12.1. The average Bonchev–Trinajstić information content (AvgIpc) is 2.32. The third kappa shape index (κ3) is 2.05. The van der Waals surface area contributed by atoms with Gasteiger partial charge in [0.05, 0.1) is 18.8 Å². The number of benzene rings is 1. The highest BCUT2D eigenvalue weighted by atomic mass is 19.1. The molecule has 2 N–H and O–H groups in total. The highest BCUT2D eigenvalue weighted by molar-refractivity contribution is 5.30. The maximum absolute atomic E-state index is 13.3. The number of fused-ring (bicyclic) bond motifs is 2. The molecule has 3 rings (SSSR count). The summed E-state index contributed by atoms with van der Waals surface area (Å²) in [6.07, 6.45) is 1.24. The first-order valence-electron chi connectivity index (χ1n) is 6.40. The highest BCUT2D eigenvalue weighted by Gasteiger charge is 2.42. The van der Waals surface area contributed by atoms with E-state index in [1.807, 2.05) is 0 Å². The van der Waals surface area contributed by atoms with Gasteiger partial charge in [-0.2, -0.15) is 0 Å². The van der Waals surface area contributed by atoms with Crippen molar-refractivity contribution in [1.82, 2.24) is 5.32 Å². The van der Waals surface area contributed by atoms with Crippen molar-refractivity contribution in [3.05, 3.63) is 35.1 Å². The van der Waals surface area contributed by atoms with Gasteiger partial charge in [0.25, 0.3) is 0 Å². The molecule has 0 radical (unpaired) electrons. The molecule has 2 heterocycles. The third-order valence-electron chi connectivity index (χ3n) is 3.97. The van der Waals surface area contributed by atoms with E-state index in [-0.39, 0.29) is 17.9 Å². The van der Waals surface area contributed by atoms with Gasteiger partial charge in [0.15, 0.2) is 0 Å². The summed E-state index contributed by atoms with van der Waals surface area (Å²) in [6.45, 7) is 3.01. The van der Waals surface area contributed by atoms with Gasteiger partial charge in [0.2, 0.25) is 0 Å². The van der Waals surface area contributed by atoms with E-state index in [4.69, 9.17) is 4.74 Å². The highest BCUT2D eigenvalue weighted by Crippen LogP contribution is 2.37. The van der Waals surface area contributed by atoms with Gasteiger partial charge in [-0.3, -0.25) is 0 Å². The zero-order chi connectivity index (χ0) is 12.8. The molecular formula is C14H18FNO2. The number of nitrogens with one attached hydrogen (secondary N) is 1. The molecule has 2 bridgehead atoms. The largest absolute Gasteiger partial charge is 0.385 e. The minimum absolute atomic E-state index is 0.188. The fourth-order valence-electron chi connectivity index (χ4n) is 3.09. The van der Waals surface area contributed by atoms with E-state index in [1.165, 1.54) is 6.07 Å². The molecule has 0 aromatic heterocycles. The lowest BCUT2D eigenvalue weighted by atomic mass is 9.78. The SMILES string of the molecule is Cc1cc(C2(O)CC3COCC(C2)N3)ccc1F. The van der Waals surface area contributed by atoms with Crippen LogP contribution in [0.25, 0.3) is 0 Å². The van der Waals surface area contributed by atoms with Crippen LogP contribution in [-0.2, 0) is 10.3 Å². The van der Waals surface area contributed by atoms with E-state index < -0.39 is 5.60 Å². The standard InChI is InChI=1S/C14H18FNO2/c1-9-4-10(2-3-13(9)15)14(17)5-11-7-18-8-12(6-14)16-11/h2-4,11-12,16-17H,5-8H2,1H3. The Morgan fingerprint density at radius 2 is 2.00 bits per heavy atom. The minimum atomic E-state index is -0.858. The molecule has 2 unspecified atom stereocenters. The molecule has 2 atom stereocenters. The fraction of sp³-hybridized carbons (Fsp3) is 0.571. The van der Waals surface area contributed by atoms with Crippen LogP contribution in [0.15, 0.2) is 18.2 Å². The quantitative estimate of drug-likeness (QED) is 0.794. The Morgan fingerprint density at radius 1 is 1.33 bits per heavy atom. The summed E-state index contributed by atoms with van der Waals surface area (Å²) in [4.78, 5) is 0. The van der Waals surface area contributed by atoms with E-state index in [0.717, 1.165) is 5.56 Å². The van der Waals surface area contributed by atoms with Crippen LogP contribution in [0, 0.1) is 12.7 Å². The molecular weight excluding hydrogens is 233 g/mol. The number of ether oxygens (including phenoxy) is 1. The number of halogens is 1. The number of aliphatic hydroxyl groups is 1. The van der Waals surface area contributed by atoms with Crippen LogP contribution in [0.3, 0.4) is 0 Å². The smallest absolute Gasteiger partial charge is 0.126 e. The second kappa shape index (κ2) is 4.30. The van der Waals surface area contributed by atoms with Crippen LogP contribution in [0.4, 0.5) is 4.39 Å². The lowest BCUT2D eigenvalue weighted by Crippen LogP contribution is -2.58. The molecule has 98 valence electrons. The monoisotopic (exact) mass is 251 g/mol. The Balaban J connectivity index is 1.91. The van der Waals surface area contributed by atoms with Crippen molar-refractivity contribution in [3.63, 3.8) is 0 Å². The zero-order valence-corrected chi connectivity index (χ0v) is 10.4. The molecule has 0 spiro atoms. The van der Waals surface area contributed by atoms with Crippen molar-refractivity contribution in [1.29, 1.82) is 0 Å². The second-order valence-electron chi connectivity index (χ2n) is 5.50. The van der Waals surface area contributed by atoms with Crippen molar-refractivity contribution in [2.24, 2.45) is 0 Å².